The molecule has 0 atom stereocenters. The summed E-state index contributed by atoms with van der Waals surface area (Å²) in [7, 11) is 0. The van der Waals surface area contributed by atoms with Crippen molar-refractivity contribution in [3.63, 3.8) is 0 Å². The molecule has 102 valence electrons. The van der Waals surface area contributed by atoms with Crippen LogP contribution in [0.25, 0.3) is 21.9 Å². The molecular weight excluding hydrogens is 304 g/mol. The number of thiazole rings is 1. The van der Waals surface area contributed by atoms with Gasteiger partial charge in [-0.2, -0.15) is 5.26 Å². The molecule has 3 aromatic rings. The number of hydrogen-bond acceptors (Lipinski definition) is 4. The average Bonchev–Trinajstić information content (AvgIpc) is 2.91. The van der Waals surface area contributed by atoms with Gasteiger partial charge in [-0.05, 0) is 36.4 Å². The lowest BCUT2D eigenvalue weighted by Gasteiger charge is -2.00. The highest BCUT2D eigenvalue weighted by molar-refractivity contribution is 7.19. The fraction of sp³-hybridized carbons (Fsp3) is 0. The van der Waals surface area contributed by atoms with Gasteiger partial charge < -0.3 is 5.11 Å². The molecule has 1 heterocycles. The third-order valence-electron chi connectivity index (χ3n) is 2.93. The second-order valence-electron chi connectivity index (χ2n) is 4.36. The summed E-state index contributed by atoms with van der Waals surface area (Å²) in [6.45, 7) is 0. The maximum atomic E-state index is 9.84. The molecule has 0 unspecified atom stereocenters. The Morgan fingerprint density at radius 2 is 2.10 bits per heavy atom. The van der Waals surface area contributed by atoms with E-state index in [0.29, 0.717) is 21.2 Å². The normalized spacial score (nSPS) is 11.5. The maximum Gasteiger partial charge on any atom is 0.135 e. The summed E-state index contributed by atoms with van der Waals surface area (Å²) >= 11 is 7.36. The topological polar surface area (TPSA) is 56.9 Å². The van der Waals surface area contributed by atoms with Gasteiger partial charge in [-0.15, -0.1) is 11.3 Å². The number of rotatable bonds is 2. The van der Waals surface area contributed by atoms with Gasteiger partial charge >= 0.3 is 0 Å². The number of phenolic OH excluding ortho intramolecular Hbond substituents is 1. The van der Waals surface area contributed by atoms with Crippen molar-refractivity contribution in [2.45, 2.75) is 0 Å². The average molecular weight is 313 g/mol. The molecule has 0 aliphatic rings. The van der Waals surface area contributed by atoms with Gasteiger partial charge in [0.25, 0.3) is 0 Å². The number of aromatic nitrogens is 1. The fourth-order valence-electron chi connectivity index (χ4n) is 1.93. The third-order valence-corrected chi connectivity index (χ3v) is 4.24. The summed E-state index contributed by atoms with van der Waals surface area (Å²) in [5.74, 6) is 0.0771. The van der Waals surface area contributed by atoms with E-state index in [-0.39, 0.29) is 5.75 Å². The number of aromatic hydroxyl groups is 1. The molecule has 0 aliphatic heterocycles. The first-order chi connectivity index (χ1) is 10.2. The molecule has 0 fully saturated rings. The van der Waals surface area contributed by atoms with Crippen LogP contribution in [0.3, 0.4) is 0 Å². The zero-order valence-electron chi connectivity index (χ0n) is 10.7. The largest absolute Gasteiger partial charge is 0.507 e. The highest BCUT2D eigenvalue weighted by Crippen LogP contribution is 2.30. The summed E-state index contributed by atoms with van der Waals surface area (Å²) < 4.78 is 1.02. The van der Waals surface area contributed by atoms with Gasteiger partial charge in [0.15, 0.2) is 0 Å². The van der Waals surface area contributed by atoms with E-state index in [4.69, 9.17) is 11.6 Å². The molecule has 1 aromatic heterocycles. The van der Waals surface area contributed by atoms with Crippen LogP contribution in [0.1, 0.15) is 10.6 Å². The van der Waals surface area contributed by atoms with E-state index in [0.717, 1.165) is 10.2 Å². The van der Waals surface area contributed by atoms with Crippen LogP contribution in [-0.2, 0) is 0 Å². The Kier molecular flexibility index (Phi) is 3.61. The van der Waals surface area contributed by atoms with Crippen LogP contribution in [0, 0.1) is 11.3 Å². The molecular formula is C16H9ClN2OS. The maximum absolute atomic E-state index is 9.84. The molecule has 0 saturated heterocycles. The monoisotopic (exact) mass is 312 g/mol. The van der Waals surface area contributed by atoms with Crippen LogP contribution in [0.2, 0.25) is 5.02 Å². The van der Waals surface area contributed by atoms with E-state index in [9.17, 15) is 10.4 Å². The lowest BCUT2D eigenvalue weighted by molar-refractivity contribution is 0.474. The number of para-hydroxylation sites is 1. The number of nitrogens with zero attached hydrogens (tertiary/aromatic N) is 2. The van der Waals surface area contributed by atoms with E-state index < -0.39 is 0 Å². The predicted octanol–water partition coefficient (Wildman–Crippen LogP) is 4.72. The van der Waals surface area contributed by atoms with Crippen LogP contribution in [0.15, 0.2) is 42.5 Å². The second-order valence-corrected chi connectivity index (χ2v) is 5.83. The summed E-state index contributed by atoms with van der Waals surface area (Å²) in [6, 6.07) is 14.5. The summed E-state index contributed by atoms with van der Waals surface area (Å²) in [5.41, 5.74) is 1.75. The zero-order valence-corrected chi connectivity index (χ0v) is 12.3. The zero-order chi connectivity index (χ0) is 14.8. The first kappa shape index (κ1) is 13.6. The highest BCUT2D eigenvalue weighted by atomic mass is 35.5. The molecule has 0 bridgehead atoms. The van der Waals surface area contributed by atoms with E-state index in [1.165, 1.54) is 17.4 Å². The van der Waals surface area contributed by atoms with Crippen molar-refractivity contribution in [1.29, 1.82) is 5.26 Å². The Bertz CT molecular complexity index is 860. The number of fused-ring (bicyclic) bond motifs is 1. The van der Waals surface area contributed by atoms with Crippen molar-refractivity contribution >= 4 is 44.8 Å². The van der Waals surface area contributed by atoms with Crippen molar-refractivity contribution < 1.29 is 5.11 Å². The Balaban J connectivity index is 2.11. The van der Waals surface area contributed by atoms with Gasteiger partial charge in [-0.25, -0.2) is 4.98 Å². The van der Waals surface area contributed by atoms with Gasteiger partial charge in [0.05, 0.1) is 15.8 Å². The summed E-state index contributed by atoms with van der Waals surface area (Å²) in [6.07, 6.45) is 1.60. The number of allylic oxidation sites excluding steroid dienone is 1. The SMILES string of the molecule is N#CC(=Cc1cc(Cl)ccc1O)c1nc2ccccc2s1. The van der Waals surface area contributed by atoms with E-state index in [1.54, 1.807) is 18.2 Å². The van der Waals surface area contributed by atoms with Crippen molar-refractivity contribution in [3.8, 4) is 11.8 Å². The number of halogens is 1. The van der Waals surface area contributed by atoms with Crippen LogP contribution >= 0.6 is 22.9 Å². The number of nitriles is 1. The first-order valence-corrected chi connectivity index (χ1v) is 7.33. The second kappa shape index (κ2) is 5.57. The Morgan fingerprint density at radius 1 is 1.29 bits per heavy atom. The van der Waals surface area contributed by atoms with Crippen LogP contribution in [0.5, 0.6) is 5.75 Å². The first-order valence-electron chi connectivity index (χ1n) is 6.13. The van der Waals surface area contributed by atoms with Crippen LogP contribution in [-0.4, -0.2) is 10.1 Å². The van der Waals surface area contributed by atoms with E-state index >= 15 is 0 Å². The van der Waals surface area contributed by atoms with Crippen molar-refractivity contribution in [1.82, 2.24) is 4.98 Å². The molecule has 5 heteroatoms. The van der Waals surface area contributed by atoms with Crippen LogP contribution in [0.4, 0.5) is 0 Å². The molecule has 0 radical (unpaired) electrons. The Morgan fingerprint density at radius 3 is 2.86 bits per heavy atom. The molecule has 0 saturated carbocycles. The van der Waals surface area contributed by atoms with E-state index in [2.05, 4.69) is 11.1 Å². The molecule has 21 heavy (non-hydrogen) atoms. The predicted molar refractivity (Wildman–Crippen MR) is 86.2 cm³/mol. The van der Waals surface area contributed by atoms with Crippen LogP contribution < -0.4 is 0 Å². The molecule has 2 aromatic carbocycles. The van der Waals surface area contributed by atoms with Gasteiger partial charge in [0, 0.05) is 10.6 Å². The number of phenols is 1. The smallest absolute Gasteiger partial charge is 0.135 e. The van der Waals surface area contributed by atoms with Gasteiger partial charge in [0.1, 0.15) is 16.8 Å². The lowest BCUT2D eigenvalue weighted by Crippen LogP contribution is -1.81. The number of hydrogen-bond donors (Lipinski definition) is 1. The number of benzene rings is 2. The van der Waals surface area contributed by atoms with E-state index in [1.807, 2.05) is 24.3 Å². The Hall–Kier alpha value is -2.35. The van der Waals surface area contributed by atoms with Crippen molar-refractivity contribution in [2.24, 2.45) is 0 Å². The minimum Gasteiger partial charge on any atom is -0.507 e. The summed E-state index contributed by atoms with van der Waals surface area (Å²) in [4.78, 5) is 4.45. The minimum absolute atomic E-state index is 0.0771. The Labute approximate surface area is 130 Å². The summed E-state index contributed by atoms with van der Waals surface area (Å²) in [5, 5.41) is 20.3. The quantitative estimate of drug-likeness (QED) is 0.697. The molecule has 3 rings (SSSR count). The van der Waals surface area contributed by atoms with Crippen molar-refractivity contribution in [3.05, 3.63) is 58.1 Å². The molecule has 1 N–H and O–H groups in total. The standard InChI is InChI=1S/C16H9ClN2OS/c17-12-5-6-14(20)10(8-12)7-11(9-18)16-19-13-3-1-2-4-15(13)21-16/h1-8,20H. The van der Waals surface area contributed by atoms with Gasteiger partial charge in [0.2, 0.25) is 0 Å². The minimum atomic E-state index is 0.0771. The molecule has 0 aliphatic carbocycles. The third kappa shape index (κ3) is 2.75. The highest BCUT2D eigenvalue weighted by Gasteiger charge is 2.10. The van der Waals surface area contributed by atoms with Crippen molar-refractivity contribution in [2.75, 3.05) is 0 Å². The lowest BCUT2D eigenvalue weighted by atomic mass is 10.1. The molecule has 0 spiro atoms. The van der Waals surface area contributed by atoms with Gasteiger partial charge in [-0.1, -0.05) is 23.7 Å². The molecule has 3 nitrogen and oxygen atoms in total. The van der Waals surface area contributed by atoms with Gasteiger partial charge in [-0.3, -0.25) is 0 Å². The fourth-order valence-corrected chi connectivity index (χ4v) is 3.04. The molecule has 0 amide bonds.